The van der Waals surface area contributed by atoms with E-state index >= 15 is 0 Å². The van der Waals surface area contributed by atoms with Crippen molar-refractivity contribution in [3.8, 4) is 22.8 Å². The van der Waals surface area contributed by atoms with Crippen LogP contribution in [0.3, 0.4) is 0 Å². The lowest BCUT2D eigenvalue weighted by molar-refractivity contribution is -0.677. The van der Waals surface area contributed by atoms with E-state index in [1.54, 1.807) is 23.9 Å². The Bertz CT molecular complexity index is 1490. The number of H-pyrrole nitrogens is 1. The van der Waals surface area contributed by atoms with Gasteiger partial charge >= 0.3 is 11.3 Å². The van der Waals surface area contributed by atoms with Crippen molar-refractivity contribution >= 4 is 34.2 Å². The van der Waals surface area contributed by atoms with E-state index in [4.69, 9.17) is 37.4 Å². The van der Waals surface area contributed by atoms with Gasteiger partial charge in [-0.15, -0.1) is 0 Å². The normalized spacial score (nSPS) is 11.2. The van der Waals surface area contributed by atoms with Gasteiger partial charge in [-0.1, -0.05) is 35.3 Å². The molecule has 2 aromatic heterocycles. The molecule has 0 unspecified atom stereocenters. The number of halogens is 2. The lowest BCUT2D eigenvalue weighted by atomic mass is 10.2. The number of nitrogens with zero attached hydrogens (tertiary/aromatic N) is 3. The maximum absolute atomic E-state index is 12.6. The highest BCUT2D eigenvalue weighted by atomic mass is 35.5. The SMILES string of the molecule is COc1ccc(-[n+]2[nH]oc(=O)c2Cn2c(-c3ccc(Cl)c(Cl)c3)nc3ccccc32)cc1. The fourth-order valence-corrected chi connectivity index (χ4v) is 3.91. The van der Waals surface area contributed by atoms with E-state index in [2.05, 4.69) is 5.27 Å². The molecule has 5 aromatic rings. The number of rotatable bonds is 5. The number of ether oxygens (including phenoxy) is 1. The molecule has 0 bridgehead atoms. The summed E-state index contributed by atoms with van der Waals surface area (Å²) in [5.41, 5.74) is 3.11. The van der Waals surface area contributed by atoms with Crippen molar-refractivity contribution < 1.29 is 13.9 Å². The number of para-hydroxylation sites is 2. The molecule has 7 nitrogen and oxygen atoms in total. The molecule has 0 aliphatic heterocycles. The Morgan fingerprint density at radius 1 is 1.06 bits per heavy atom. The monoisotopic (exact) mass is 467 g/mol. The van der Waals surface area contributed by atoms with Crippen molar-refractivity contribution in [2.24, 2.45) is 0 Å². The van der Waals surface area contributed by atoms with E-state index < -0.39 is 5.63 Å². The Morgan fingerprint density at radius 3 is 2.59 bits per heavy atom. The molecule has 0 fully saturated rings. The molecule has 3 aromatic carbocycles. The van der Waals surface area contributed by atoms with Gasteiger partial charge in [0.05, 0.1) is 28.2 Å². The number of aromatic amines is 1. The highest BCUT2D eigenvalue weighted by Gasteiger charge is 2.26. The number of hydrogen-bond donors (Lipinski definition) is 1. The van der Waals surface area contributed by atoms with Crippen LogP contribution in [0.2, 0.25) is 10.0 Å². The van der Waals surface area contributed by atoms with Crippen LogP contribution in [0.1, 0.15) is 5.69 Å². The van der Waals surface area contributed by atoms with Crippen LogP contribution < -0.4 is 15.0 Å². The number of fused-ring (bicyclic) bond motifs is 1. The van der Waals surface area contributed by atoms with Crippen molar-refractivity contribution in [3.63, 3.8) is 0 Å². The van der Waals surface area contributed by atoms with E-state index in [-0.39, 0.29) is 6.54 Å². The third-order valence-corrected chi connectivity index (χ3v) is 5.95. The summed E-state index contributed by atoms with van der Waals surface area (Å²) >= 11 is 12.4. The van der Waals surface area contributed by atoms with Crippen molar-refractivity contribution in [1.29, 1.82) is 0 Å². The van der Waals surface area contributed by atoms with Crippen LogP contribution >= 0.6 is 23.2 Å². The average molecular weight is 468 g/mol. The number of benzene rings is 3. The molecule has 5 rings (SSSR count). The Kier molecular flexibility index (Phi) is 5.20. The van der Waals surface area contributed by atoms with Crippen molar-refractivity contribution in [3.05, 3.63) is 92.9 Å². The van der Waals surface area contributed by atoms with Gasteiger partial charge in [0.25, 0.3) is 0 Å². The summed E-state index contributed by atoms with van der Waals surface area (Å²) in [5, 5.41) is 3.57. The summed E-state index contributed by atoms with van der Waals surface area (Å²) in [5.74, 6) is 1.37. The lowest BCUT2D eigenvalue weighted by Crippen LogP contribution is -2.39. The number of methoxy groups -OCH3 is 1. The summed E-state index contributed by atoms with van der Waals surface area (Å²) in [6.07, 6.45) is 0. The summed E-state index contributed by atoms with van der Waals surface area (Å²) in [7, 11) is 1.60. The molecule has 0 spiro atoms. The Hall–Kier alpha value is -3.55. The average Bonchev–Trinajstić information content (AvgIpc) is 3.37. The second-order valence-corrected chi connectivity index (χ2v) is 7.91. The van der Waals surface area contributed by atoms with E-state index in [9.17, 15) is 4.79 Å². The minimum atomic E-state index is -0.473. The van der Waals surface area contributed by atoms with Gasteiger partial charge < -0.3 is 9.30 Å². The molecule has 0 aliphatic rings. The first kappa shape index (κ1) is 20.4. The molecule has 0 amide bonds. The molecule has 0 saturated heterocycles. The molecule has 32 heavy (non-hydrogen) atoms. The van der Waals surface area contributed by atoms with Crippen LogP contribution in [0.25, 0.3) is 28.1 Å². The third-order valence-electron chi connectivity index (χ3n) is 5.21. The fraction of sp³-hybridized carbons (Fsp3) is 0.0870. The second-order valence-electron chi connectivity index (χ2n) is 7.10. The summed E-state index contributed by atoms with van der Waals surface area (Å²) < 4.78 is 13.9. The van der Waals surface area contributed by atoms with Gasteiger partial charge in [-0.3, -0.25) is 4.52 Å². The first-order chi connectivity index (χ1) is 15.5. The molecule has 0 radical (unpaired) electrons. The van der Waals surface area contributed by atoms with Crippen molar-refractivity contribution in [1.82, 2.24) is 14.8 Å². The first-order valence-electron chi connectivity index (χ1n) is 9.72. The molecule has 160 valence electrons. The predicted molar refractivity (Wildman–Crippen MR) is 122 cm³/mol. The topological polar surface area (TPSA) is 76.9 Å². The van der Waals surface area contributed by atoms with Gasteiger partial charge in [0, 0.05) is 17.7 Å². The largest absolute Gasteiger partial charge is 0.497 e. The first-order valence-corrected chi connectivity index (χ1v) is 10.5. The van der Waals surface area contributed by atoms with Crippen molar-refractivity contribution in [2.75, 3.05) is 7.11 Å². The fourth-order valence-electron chi connectivity index (χ4n) is 3.61. The zero-order chi connectivity index (χ0) is 22.2. The number of nitrogens with one attached hydrogen (secondary N) is 1. The zero-order valence-electron chi connectivity index (χ0n) is 16.9. The molecule has 0 aliphatic carbocycles. The molecule has 1 N–H and O–H groups in total. The quantitative estimate of drug-likeness (QED) is 0.382. The lowest BCUT2D eigenvalue weighted by Gasteiger charge is -2.07. The van der Waals surface area contributed by atoms with E-state index in [0.717, 1.165) is 22.3 Å². The third kappa shape index (κ3) is 3.55. The van der Waals surface area contributed by atoms with Crippen LogP contribution in [-0.4, -0.2) is 21.9 Å². The number of hydrogen-bond acceptors (Lipinski definition) is 4. The number of aromatic nitrogens is 4. The molecule has 9 heteroatoms. The Balaban J connectivity index is 1.66. The smallest absolute Gasteiger partial charge is 0.432 e. The van der Waals surface area contributed by atoms with E-state index in [0.29, 0.717) is 27.3 Å². The number of imidazole rings is 1. The van der Waals surface area contributed by atoms with Gasteiger partial charge in [0.2, 0.25) is 5.69 Å². The van der Waals surface area contributed by atoms with Crippen LogP contribution in [-0.2, 0) is 6.54 Å². The minimum absolute atomic E-state index is 0.216. The highest BCUT2D eigenvalue weighted by molar-refractivity contribution is 6.42. The van der Waals surface area contributed by atoms with Gasteiger partial charge in [-0.05, 0) is 52.4 Å². The van der Waals surface area contributed by atoms with Crippen molar-refractivity contribution in [2.45, 2.75) is 6.54 Å². The van der Waals surface area contributed by atoms with E-state index in [1.165, 1.54) is 0 Å². The van der Waals surface area contributed by atoms with Gasteiger partial charge in [-0.25, -0.2) is 9.78 Å². The molecular weight excluding hydrogens is 451 g/mol. The molecular formula is C23H17Cl2N4O3+. The summed E-state index contributed by atoms with van der Waals surface area (Å²) in [6.45, 7) is 0.216. The standard InChI is InChI=1S/C23H16Cl2N4O3/c1-31-16-9-7-15(8-10-16)29-21(23(30)32-27-29)13-28-20-5-3-2-4-19(20)26-22(28)14-6-11-17(24)18(25)12-14/h2-12H,13H2,1H3/p+1. The maximum atomic E-state index is 12.6. The van der Waals surface area contributed by atoms with Gasteiger partial charge in [0.1, 0.15) is 18.1 Å². The molecule has 2 heterocycles. The second kappa shape index (κ2) is 8.18. The van der Waals surface area contributed by atoms with E-state index in [1.807, 2.05) is 59.2 Å². The predicted octanol–water partition coefficient (Wildman–Crippen LogP) is 4.63. The van der Waals surface area contributed by atoms with Crippen LogP contribution in [0.15, 0.2) is 76.0 Å². The van der Waals surface area contributed by atoms with Gasteiger partial charge in [-0.2, -0.15) is 0 Å². The highest BCUT2D eigenvalue weighted by Crippen LogP contribution is 2.30. The zero-order valence-corrected chi connectivity index (χ0v) is 18.4. The van der Waals surface area contributed by atoms with Gasteiger partial charge in [0.15, 0.2) is 0 Å². The molecule has 0 atom stereocenters. The van der Waals surface area contributed by atoms with Crippen LogP contribution in [0.4, 0.5) is 0 Å². The molecule has 0 saturated carbocycles. The summed E-state index contributed by atoms with van der Waals surface area (Å²) in [4.78, 5) is 17.4. The Morgan fingerprint density at radius 2 is 1.84 bits per heavy atom. The summed E-state index contributed by atoms with van der Waals surface area (Å²) in [6, 6.07) is 20.3. The van der Waals surface area contributed by atoms with Crippen LogP contribution in [0, 0.1) is 0 Å². The maximum Gasteiger partial charge on any atom is 0.432 e. The Labute approximate surface area is 192 Å². The van der Waals surface area contributed by atoms with Crippen LogP contribution in [0.5, 0.6) is 5.75 Å². The minimum Gasteiger partial charge on any atom is -0.497 e.